The maximum absolute atomic E-state index is 14.0. The molecule has 8 N–H and O–H groups in total. The van der Waals surface area contributed by atoms with Crippen molar-refractivity contribution in [2.24, 2.45) is 11.3 Å². The smallest absolute Gasteiger partial charge is 0.246 e. The molecule has 0 saturated carbocycles. The fraction of sp³-hybridized carbons (Fsp3) is 0.660. The summed E-state index contributed by atoms with van der Waals surface area (Å²) in [7, 11) is -3.45. The third kappa shape index (κ3) is 20.0. The van der Waals surface area contributed by atoms with E-state index < -0.39 is 63.3 Å². The van der Waals surface area contributed by atoms with Gasteiger partial charge in [-0.1, -0.05) is 75.4 Å². The molecule has 2 aromatic rings. The normalized spacial score (nSPS) is 23.4. The average Bonchev–Trinajstić information content (AvgIpc) is 4.25. The van der Waals surface area contributed by atoms with Crippen molar-refractivity contribution in [3.05, 3.63) is 71.3 Å². The predicted molar refractivity (Wildman–Crippen MR) is 297 cm³/mol. The number of β-amino-alcohol motifs (C(OH)–C–C–N with tert-alkyl or cyclic N) is 1. The number of rotatable bonds is 30. The van der Waals surface area contributed by atoms with Crippen LogP contribution in [0.4, 0.5) is 0 Å². The van der Waals surface area contributed by atoms with Crippen LogP contribution in [0.2, 0.25) is 0 Å². The minimum atomic E-state index is -3.45. The van der Waals surface area contributed by atoms with Crippen LogP contribution in [0.15, 0.2) is 54.6 Å². The van der Waals surface area contributed by atoms with Gasteiger partial charge in [0.2, 0.25) is 45.5 Å². The summed E-state index contributed by atoms with van der Waals surface area (Å²) in [5, 5.41) is 32.1. The lowest BCUT2D eigenvalue weighted by Gasteiger charge is -2.35. The third-order valence-electron chi connectivity index (χ3n) is 13.9. The van der Waals surface area contributed by atoms with E-state index in [4.69, 9.17) is 18.9 Å². The maximum atomic E-state index is 14.0. The van der Waals surface area contributed by atoms with Gasteiger partial charge in [0.15, 0.2) is 0 Å². The van der Waals surface area contributed by atoms with Gasteiger partial charge in [0.1, 0.15) is 30.2 Å². The van der Waals surface area contributed by atoms with E-state index in [2.05, 4.69) is 56.3 Å². The van der Waals surface area contributed by atoms with Gasteiger partial charge in [0.05, 0.1) is 51.3 Å². The van der Waals surface area contributed by atoms with Crippen molar-refractivity contribution >= 4 is 69.0 Å². The van der Waals surface area contributed by atoms with E-state index in [9.17, 15) is 42.3 Å². The van der Waals surface area contributed by atoms with E-state index in [0.717, 1.165) is 29.0 Å². The van der Waals surface area contributed by atoms with Gasteiger partial charge in [-0.05, 0) is 48.3 Å². The number of amides is 6. The molecule has 9 atom stereocenters. The molecule has 22 nitrogen and oxygen atoms in total. The largest absolute Gasteiger partial charge is 0.391 e. The average molecular weight is 1150 g/mol. The standard InChI is InChI=1S/C53H81N9O13S3/c1-35-46(77-34-56-35)38-15-13-36(14-16-38)29-55-50(68)43-28-40(63)31-62(43)51(69)47(53(2,3)4)59-45(65)32-75-27-26-74-25-24-73-23-19-54-44(64)12-9-21-72-22-18-41(57-48(66)39-17-20-61(30-39)78(5,70)71)49(67)60-52-58-42(33-76-52)37-10-7-6-8-11-37/h6-8,10-11,13-16,35,39-43,46-47,52,56,58,63H,9,12,17-34H2,1-5H3,(H,54,64)(H,55,68)(H,57,66)(H,59,65)(H,60,67)/t35?,39?,40-,41+,42?,43-,46?,47-,52?/m1/s1. The maximum Gasteiger partial charge on any atom is 0.246 e. The molecular formula is C53H81N9O13S3. The Kier molecular flexibility index (Phi) is 24.9. The first-order valence-electron chi connectivity index (χ1n) is 26.8. The zero-order chi connectivity index (χ0) is 56.2. The lowest BCUT2D eigenvalue weighted by atomic mass is 9.85. The summed E-state index contributed by atoms with van der Waals surface area (Å²) in [6.45, 7) is 9.54. The molecule has 0 aliphatic carbocycles. The molecule has 2 aromatic carbocycles. The number of ether oxygens (including phenoxy) is 4. The Bertz CT molecular complexity index is 2390. The lowest BCUT2D eigenvalue weighted by Crippen LogP contribution is -2.58. The van der Waals surface area contributed by atoms with Crippen LogP contribution < -0.4 is 37.2 Å². The highest BCUT2D eigenvalue weighted by Gasteiger charge is 2.45. The number of hydrogen-bond donors (Lipinski definition) is 8. The molecule has 78 heavy (non-hydrogen) atoms. The third-order valence-corrected chi connectivity index (χ3v) is 17.6. The van der Waals surface area contributed by atoms with Crippen molar-refractivity contribution in [2.75, 3.05) is 96.9 Å². The van der Waals surface area contributed by atoms with Crippen LogP contribution >= 0.6 is 23.5 Å². The van der Waals surface area contributed by atoms with Crippen LogP contribution in [0.25, 0.3) is 0 Å². The number of nitrogens with one attached hydrogen (secondary N) is 7. The minimum absolute atomic E-state index is 0.0309. The Hall–Kier alpha value is -4.41. The Balaban J connectivity index is 0.792. The number of aliphatic hydroxyl groups excluding tert-OH is 1. The van der Waals surface area contributed by atoms with Gasteiger partial charge >= 0.3 is 0 Å². The summed E-state index contributed by atoms with van der Waals surface area (Å²) in [4.78, 5) is 81.0. The van der Waals surface area contributed by atoms with Gasteiger partial charge < -0.3 is 60.9 Å². The second-order valence-corrected chi connectivity index (χ2v) is 25.3. The van der Waals surface area contributed by atoms with E-state index in [1.807, 2.05) is 75.0 Å². The molecule has 0 spiro atoms. The van der Waals surface area contributed by atoms with Crippen LogP contribution in [0, 0.1) is 11.3 Å². The number of likely N-dealkylation sites (tertiary alicyclic amines) is 1. The molecule has 4 fully saturated rings. The number of carbonyl (C=O) groups is 6. The summed E-state index contributed by atoms with van der Waals surface area (Å²) >= 11 is 3.41. The molecule has 0 radical (unpaired) electrons. The second kappa shape index (κ2) is 31.0. The van der Waals surface area contributed by atoms with Gasteiger partial charge in [-0.2, -0.15) is 0 Å². The molecule has 4 aliphatic rings. The number of sulfonamides is 1. The summed E-state index contributed by atoms with van der Waals surface area (Å²) in [5.41, 5.74) is 2.15. The zero-order valence-electron chi connectivity index (χ0n) is 45.5. The Morgan fingerprint density at radius 1 is 0.821 bits per heavy atom. The number of carbonyl (C=O) groups excluding carboxylic acids is 6. The first kappa shape index (κ1) is 62.8. The molecule has 0 aromatic heterocycles. The van der Waals surface area contributed by atoms with Crippen molar-refractivity contribution in [1.29, 1.82) is 0 Å². The molecule has 5 unspecified atom stereocenters. The molecule has 4 aliphatic heterocycles. The first-order valence-corrected chi connectivity index (χ1v) is 30.8. The summed E-state index contributed by atoms with van der Waals surface area (Å²) in [6.07, 6.45) is 1.47. The van der Waals surface area contributed by atoms with Gasteiger partial charge in [-0.3, -0.25) is 34.1 Å². The number of hydrogen-bond acceptors (Lipinski definition) is 17. The number of thioether (sulfide) groups is 2. The van der Waals surface area contributed by atoms with E-state index in [1.165, 1.54) is 14.8 Å². The van der Waals surface area contributed by atoms with Crippen molar-refractivity contribution in [2.45, 2.75) is 113 Å². The summed E-state index contributed by atoms with van der Waals surface area (Å²) in [6, 6.07) is 15.6. The molecule has 4 saturated heterocycles. The molecule has 6 rings (SSSR count). The monoisotopic (exact) mass is 1150 g/mol. The fourth-order valence-electron chi connectivity index (χ4n) is 9.42. The van der Waals surface area contributed by atoms with Gasteiger partial charge in [0.25, 0.3) is 0 Å². The van der Waals surface area contributed by atoms with Crippen LogP contribution in [0.1, 0.15) is 87.8 Å². The predicted octanol–water partition coefficient (Wildman–Crippen LogP) is 1.12. The highest BCUT2D eigenvalue weighted by Crippen LogP contribution is 2.36. The van der Waals surface area contributed by atoms with Gasteiger partial charge in [-0.15, -0.1) is 23.5 Å². The van der Waals surface area contributed by atoms with E-state index in [-0.39, 0.29) is 134 Å². The Labute approximate surface area is 467 Å². The zero-order valence-corrected chi connectivity index (χ0v) is 47.9. The fourth-order valence-corrected chi connectivity index (χ4v) is 12.7. The van der Waals surface area contributed by atoms with Crippen LogP contribution in [0.5, 0.6) is 0 Å². The summed E-state index contributed by atoms with van der Waals surface area (Å²) in [5.74, 6) is -1.23. The topological polar surface area (TPSA) is 284 Å². The van der Waals surface area contributed by atoms with E-state index in [0.29, 0.717) is 24.1 Å². The number of nitrogens with zero attached hydrogens (tertiary/aromatic N) is 2. The first-order chi connectivity index (χ1) is 37.3. The van der Waals surface area contributed by atoms with Crippen LogP contribution in [-0.2, 0) is 64.3 Å². The van der Waals surface area contributed by atoms with Crippen molar-refractivity contribution < 1.29 is 61.2 Å². The minimum Gasteiger partial charge on any atom is -0.391 e. The van der Waals surface area contributed by atoms with E-state index >= 15 is 0 Å². The van der Waals surface area contributed by atoms with Gasteiger partial charge in [0, 0.05) is 87.7 Å². The Morgan fingerprint density at radius 3 is 2.21 bits per heavy atom. The van der Waals surface area contributed by atoms with Gasteiger partial charge in [-0.25, -0.2) is 12.7 Å². The quantitative estimate of drug-likeness (QED) is 0.0509. The Morgan fingerprint density at radius 2 is 1.53 bits per heavy atom. The highest BCUT2D eigenvalue weighted by molar-refractivity contribution is 8.00. The lowest BCUT2D eigenvalue weighted by molar-refractivity contribution is -0.144. The molecule has 4 heterocycles. The van der Waals surface area contributed by atoms with E-state index in [1.54, 1.807) is 11.8 Å². The second-order valence-electron chi connectivity index (χ2n) is 21.1. The molecule has 0 bridgehead atoms. The molecular weight excluding hydrogens is 1070 g/mol. The number of benzene rings is 2. The summed E-state index contributed by atoms with van der Waals surface area (Å²) < 4.78 is 47.7. The number of aliphatic hydroxyl groups is 1. The SMILES string of the molecule is CC1NCSC1c1ccc(CNC(=O)[C@H]2C[C@@H](O)CN2C(=O)[C@@H](NC(=O)COCCOCCOCCNC(=O)CCCOCC[C@H](NC(=O)C2CCN(S(C)(=O)=O)C2)C(=O)NC2NC(c3ccccc3)CS2)C(C)(C)C)cc1. The molecule has 6 amide bonds. The van der Waals surface area contributed by atoms with Crippen molar-refractivity contribution in [3.63, 3.8) is 0 Å². The van der Waals surface area contributed by atoms with Crippen LogP contribution in [-0.4, -0.2) is 191 Å². The van der Waals surface area contributed by atoms with Crippen molar-refractivity contribution in [3.8, 4) is 0 Å². The van der Waals surface area contributed by atoms with Crippen molar-refractivity contribution in [1.82, 2.24) is 46.4 Å². The highest BCUT2D eigenvalue weighted by atomic mass is 32.2. The molecule has 434 valence electrons. The molecule has 25 heteroatoms. The van der Waals surface area contributed by atoms with Crippen LogP contribution in [0.3, 0.4) is 0 Å².